The SMILES string of the molecule is CCCC1CCC(OOC2CCC(CCC)CC2)CC1. The molecule has 0 heterocycles. The van der Waals surface area contributed by atoms with Gasteiger partial charge in [-0.3, -0.25) is 0 Å². The van der Waals surface area contributed by atoms with Crippen LogP contribution in [0.5, 0.6) is 0 Å². The average Bonchev–Trinajstić information content (AvgIpc) is 2.49. The van der Waals surface area contributed by atoms with Crippen molar-refractivity contribution in [1.29, 1.82) is 0 Å². The number of hydrogen-bond donors (Lipinski definition) is 0. The second-order valence-corrected chi connectivity index (χ2v) is 7.06. The molecule has 0 radical (unpaired) electrons. The first-order valence-corrected chi connectivity index (χ1v) is 9.13. The van der Waals surface area contributed by atoms with Gasteiger partial charge in [-0.2, -0.15) is 0 Å². The molecule has 0 N–H and O–H groups in total. The molecule has 2 heteroatoms. The lowest BCUT2D eigenvalue weighted by Crippen LogP contribution is -2.27. The summed E-state index contributed by atoms with van der Waals surface area (Å²) in [6.45, 7) is 4.58. The molecule has 0 aromatic heterocycles. The van der Waals surface area contributed by atoms with E-state index in [0.717, 1.165) is 11.8 Å². The Morgan fingerprint density at radius 1 is 0.600 bits per heavy atom. The topological polar surface area (TPSA) is 18.5 Å². The van der Waals surface area contributed by atoms with E-state index < -0.39 is 0 Å². The minimum absolute atomic E-state index is 0.372. The fourth-order valence-electron chi connectivity index (χ4n) is 4.01. The minimum Gasteiger partial charge on any atom is -0.233 e. The monoisotopic (exact) mass is 282 g/mol. The van der Waals surface area contributed by atoms with E-state index in [0.29, 0.717) is 12.2 Å². The first-order valence-electron chi connectivity index (χ1n) is 9.13. The predicted molar refractivity (Wildman–Crippen MR) is 83.5 cm³/mol. The molecule has 0 bridgehead atoms. The van der Waals surface area contributed by atoms with Gasteiger partial charge in [0.1, 0.15) is 0 Å². The molecule has 0 atom stereocenters. The number of rotatable bonds is 7. The fraction of sp³-hybridized carbons (Fsp3) is 1.00. The van der Waals surface area contributed by atoms with E-state index in [1.807, 2.05) is 0 Å². The van der Waals surface area contributed by atoms with Crippen LogP contribution in [0.25, 0.3) is 0 Å². The highest BCUT2D eigenvalue weighted by Gasteiger charge is 2.25. The van der Waals surface area contributed by atoms with Crippen molar-refractivity contribution in [3.8, 4) is 0 Å². The standard InChI is InChI=1S/C18H34O2/c1-3-5-15-7-11-17(12-8-15)19-20-18-13-9-16(6-4-2)10-14-18/h15-18H,3-14H2,1-2H3. The fourth-order valence-corrected chi connectivity index (χ4v) is 4.01. The van der Waals surface area contributed by atoms with Crippen molar-refractivity contribution in [3.05, 3.63) is 0 Å². The Bertz CT molecular complexity index is 212. The van der Waals surface area contributed by atoms with Crippen LogP contribution in [0.3, 0.4) is 0 Å². The van der Waals surface area contributed by atoms with Crippen LogP contribution in [-0.4, -0.2) is 12.2 Å². The van der Waals surface area contributed by atoms with Crippen molar-refractivity contribution in [1.82, 2.24) is 0 Å². The van der Waals surface area contributed by atoms with Gasteiger partial charge in [-0.05, 0) is 63.2 Å². The average molecular weight is 282 g/mol. The second-order valence-electron chi connectivity index (χ2n) is 7.06. The highest BCUT2D eigenvalue weighted by molar-refractivity contribution is 4.73. The lowest BCUT2D eigenvalue weighted by atomic mass is 9.84. The Hall–Kier alpha value is -0.0800. The molecule has 2 saturated carbocycles. The Morgan fingerprint density at radius 3 is 1.25 bits per heavy atom. The van der Waals surface area contributed by atoms with Crippen LogP contribution >= 0.6 is 0 Å². The van der Waals surface area contributed by atoms with Crippen molar-refractivity contribution < 1.29 is 9.78 Å². The summed E-state index contributed by atoms with van der Waals surface area (Å²) in [6.07, 6.45) is 16.4. The summed E-state index contributed by atoms with van der Waals surface area (Å²) in [6, 6.07) is 0. The van der Waals surface area contributed by atoms with Crippen LogP contribution in [0.15, 0.2) is 0 Å². The maximum absolute atomic E-state index is 5.74. The third-order valence-electron chi connectivity index (χ3n) is 5.31. The summed E-state index contributed by atoms with van der Waals surface area (Å²) < 4.78 is 0. The van der Waals surface area contributed by atoms with Gasteiger partial charge >= 0.3 is 0 Å². The van der Waals surface area contributed by atoms with E-state index in [4.69, 9.17) is 9.78 Å². The molecule has 0 saturated heterocycles. The molecule has 0 aromatic carbocycles. The zero-order chi connectivity index (χ0) is 14.2. The maximum Gasteiger partial charge on any atom is 0.0930 e. The largest absolute Gasteiger partial charge is 0.233 e. The van der Waals surface area contributed by atoms with Gasteiger partial charge < -0.3 is 0 Å². The van der Waals surface area contributed by atoms with E-state index in [1.54, 1.807) is 0 Å². The van der Waals surface area contributed by atoms with E-state index in [2.05, 4.69) is 13.8 Å². The molecule has 2 nitrogen and oxygen atoms in total. The summed E-state index contributed by atoms with van der Waals surface area (Å²) in [5.74, 6) is 1.90. The zero-order valence-electron chi connectivity index (χ0n) is 13.6. The summed E-state index contributed by atoms with van der Waals surface area (Å²) in [5, 5.41) is 0. The molecule has 2 aliphatic rings. The Labute approximate surface area is 125 Å². The van der Waals surface area contributed by atoms with Crippen LogP contribution in [0.4, 0.5) is 0 Å². The second kappa shape index (κ2) is 9.04. The van der Waals surface area contributed by atoms with Crippen molar-refractivity contribution in [2.45, 2.75) is 103 Å². The zero-order valence-corrected chi connectivity index (χ0v) is 13.6. The molecule has 2 fully saturated rings. The normalized spacial score (nSPS) is 35.1. The van der Waals surface area contributed by atoms with Crippen LogP contribution in [0, 0.1) is 11.8 Å². The maximum atomic E-state index is 5.74. The third kappa shape index (κ3) is 5.37. The highest BCUT2D eigenvalue weighted by Crippen LogP contribution is 2.32. The van der Waals surface area contributed by atoms with Gasteiger partial charge in [0.2, 0.25) is 0 Å². The van der Waals surface area contributed by atoms with Gasteiger partial charge in [0.15, 0.2) is 0 Å². The molecule has 2 rings (SSSR count). The van der Waals surface area contributed by atoms with E-state index in [-0.39, 0.29) is 0 Å². The third-order valence-corrected chi connectivity index (χ3v) is 5.31. The van der Waals surface area contributed by atoms with Crippen LogP contribution in [-0.2, 0) is 9.78 Å². The van der Waals surface area contributed by atoms with Crippen molar-refractivity contribution in [2.75, 3.05) is 0 Å². The summed E-state index contributed by atoms with van der Waals surface area (Å²) in [7, 11) is 0. The van der Waals surface area contributed by atoms with Gasteiger partial charge in [-0.25, -0.2) is 9.78 Å². The van der Waals surface area contributed by atoms with E-state index >= 15 is 0 Å². The molecule has 0 spiro atoms. The van der Waals surface area contributed by atoms with E-state index in [9.17, 15) is 0 Å². The predicted octanol–water partition coefficient (Wildman–Crippen LogP) is 5.65. The van der Waals surface area contributed by atoms with Crippen molar-refractivity contribution in [3.63, 3.8) is 0 Å². The number of hydrogen-bond acceptors (Lipinski definition) is 2. The van der Waals surface area contributed by atoms with E-state index in [1.165, 1.54) is 77.0 Å². The van der Waals surface area contributed by atoms with Crippen LogP contribution in [0.1, 0.15) is 90.9 Å². The Kier molecular flexibility index (Phi) is 7.37. The van der Waals surface area contributed by atoms with Crippen molar-refractivity contribution >= 4 is 0 Å². The van der Waals surface area contributed by atoms with Gasteiger partial charge in [-0.15, -0.1) is 0 Å². The molecule has 20 heavy (non-hydrogen) atoms. The highest BCUT2D eigenvalue weighted by atomic mass is 17.2. The summed E-state index contributed by atoms with van der Waals surface area (Å²) in [5.41, 5.74) is 0. The Balaban J connectivity index is 1.55. The quantitative estimate of drug-likeness (QED) is 0.443. The van der Waals surface area contributed by atoms with Crippen molar-refractivity contribution in [2.24, 2.45) is 11.8 Å². The van der Waals surface area contributed by atoms with Gasteiger partial charge in [-0.1, -0.05) is 39.5 Å². The van der Waals surface area contributed by atoms with Crippen LogP contribution in [0.2, 0.25) is 0 Å². The molecular weight excluding hydrogens is 248 g/mol. The molecule has 0 aliphatic heterocycles. The Morgan fingerprint density at radius 2 is 0.950 bits per heavy atom. The lowest BCUT2D eigenvalue weighted by molar-refractivity contribution is -0.359. The van der Waals surface area contributed by atoms with Gasteiger partial charge in [0.25, 0.3) is 0 Å². The van der Waals surface area contributed by atoms with Crippen LogP contribution < -0.4 is 0 Å². The van der Waals surface area contributed by atoms with Gasteiger partial charge in [0.05, 0.1) is 12.2 Å². The summed E-state index contributed by atoms with van der Waals surface area (Å²) >= 11 is 0. The summed E-state index contributed by atoms with van der Waals surface area (Å²) in [4.78, 5) is 11.5. The minimum atomic E-state index is 0.372. The van der Waals surface area contributed by atoms with Gasteiger partial charge in [0, 0.05) is 0 Å². The molecule has 0 amide bonds. The molecule has 0 aromatic rings. The first kappa shape index (κ1) is 16.3. The first-order chi connectivity index (χ1) is 9.81. The molecule has 2 aliphatic carbocycles. The smallest absolute Gasteiger partial charge is 0.0930 e. The lowest BCUT2D eigenvalue weighted by Gasteiger charge is -2.31. The molecule has 118 valence electrons. The molecule has 0 unspecified atom stereocenters. The molecular formula is C18H34O2.